The number of anilines is 1. The predicted molar refractivity (Wildman–Crippen MR) is 91.1 cm³/mol. The van der Waals surface area contributed by atoms with Crippen molar-refractivity contribution in [1.82, 2.24) is 0 Å². The van der Waals surface area contributed by atoms with Crippen molar-refractivity contribution in [1.29, 1.82) is 0 Å². The Kier molecular flexibility index (Phi) is 5.53. The highest BCUT2D eigenvalue weighted by atomic mass is 16.5. The van der Waals surface area contributed by atoms with Crippen LogP contribution in [0.15, 0.2) is 24.3 Å². The van der Waals surface area contributed by atoms with Crippen molar-refractivity contribution in [3.63, 3.8) is 0 Å². The standard InChI is InChI=1S/C17H27BNO3/c1-16(2,20-5)17(3,4)22-18-14-7-6-8-15(13-14)19-9-11-21-12-10-19/h6-8,13H,9-12H2,1-5H3. The Balaban J connectivity index is 2.01. The molecule has 0 atom stereocenters. The average Bonchev–Trinajstić information content (AvgIpc) is 2.54. The maximum atomic E-state index is 6.02. The minimum absolute atomic E-state index is 0.370. The van der Waals surface area contributed by atoms with E-state index in [0.29, 0.717) is 0 Å². The summed E-state index contributed by atoms with van der Waals surface area (Å²) < 4.78 is 17.0. The summed E-state index contributed by atoms with van der Waals surface area (Å²) >= 11 is 0. The number of nitrogens with zero attached hydrogens (tertiary/aromatic N) is 1. The van der Waals surface area contributed by atoms with Gasteiger partial charge in [-0.3, -0.25) is 0 Å². The van der Waals surface area contributed by atoms with E-state index in [0.717, 1.165) is 31.8 Å². The molecule has 1 aromatic rings. The summed E-state index contributed by atoms with van der Waals surface area (Å²) in [5.74, 6) is 0. The van der Waals surface area contributed by atoms with Gasteiger partial charge in [0.15, 0.2) is 0 Å². The third-order valence-corrected chi connectivity index (χ3v) is 4.70. The van der Waals surface area contributed by atoms with E-state index in [1.165, 1.54) is 5.69 Å². The minimum atomic E-state index is -0.420. The van der Waals surface area contributed by atoms with Gasteiger partial charge in [0.05, 0.1) is 24.4 Å². The molecule has 5 heteroatoms. The molecule has 0 saturated carbocycles. The van der Waals surface area contributed by atoms with Crippen LogP contribution in [0.1, 0.15) is 27.7 Å². The molecule has 0 N–H and O–H groups in total. The molecule has 1 heterocycles. The largest absolute Gasteiger partial charge is 0.427 e. The highest BCUT2D eigenvalue weighted by Crippen LogP contribution is 2.27. The molecular formula is C17H27BNO3. The van der Waals surface area contributed by atoms with Crippen molar-refractivity contribution >= 4 is 18.6 Å². The topological polar surface area (TPSA) is 30.9 Å². The second kappa shape index (κ2) is 7.03. The van der Waals surface area contributed by atoms with Crippen LogP contribution in [0.5, 0.6) is 0 Å². The predicted octanol–water partition coefficient (Wildman–Crippen LogP) is 1.99. The van der Waals surface area contributed by atoms with Crippen LogP contribution in [0.3, 0.4) is 0 Å². The molecule has 0 bridgehead atoms. The molecule has 121 valence electrons. The monoisotopic (exact) mass is 304 g/mol. The smallest absolute Gasteiger partial charge is 0.330 e. The van der Waals surface area contributed by atoms with Crippen molar-refractivity contribution in [3.05, 3.63) is 24.3 Å². The third kappa shape index (κ3) is 4.03. The van der Waals surface area contributed by atoms with Crippen molar-refractivity contribution in [2.45, 2.75) is 38.9 Å². The molecule has 0 aromatic heterocycles. The van der Waals surface area contributed by atoms with E-state index < -0.39 is 5.60 Å². The molecule has 0 amide bonds. The fourth-order valence-corrected chi connectivity index (χ4v) is 2.22. The van der Waals surface area contributed by atoms with Gasteiger partial charge < -0.3 is 19.0 Å². The van der Waals surface area contributed by atoms with Crippen LogP contribution in [0, 0.1) is 0 Å². The highest BCUT2D eigenvalue weighted by molar-refractivity contribution is 6.47. The van der Waals surface area contributed by atoms with Crippen LogP contribution in [-0.4, -0.2) is 52.1 Å². The fraction of sp³-hybridized carbons (Fsp3) is 0.647. The SMILES string of the molecule is COC(C)(C)C(C)(C)O[B]c1cccc(N2CCOCC2)c1. The normalized spacial score (nSPS) is 16.7. The summed E-state index contributed by atoms with van der Waals surface area (Å²) in [5, 5.41) is 0. The molecule has 1 aliphatic heterocycles. The zero-order chi connectivity index (χ0) is 16.2. The van der Waals surface area contributed by atoms with Crippen molar-refractivity contribution in [3.8, 4) is 0 Å². The first-order chi connectivity index (χ1) is 10.4. The summed E-state index contributed by atoms with van der Waals surface area (Å²) in [6.45, 7) is 11.6. The van der Waals surface area contributed by atoms with Gasteiger partial charge in [-0.25, -0.2) is 0 Å². The highest BCUT2D eigenvalue weighted by Gasteiger charge is 2.37. The Morgan fingerprint density at radius 2 is 1.77 bits per heavy atom. The van der Waals surface area contributed by atoms with Gasteiger partial charge in [0.25, 0.3) is 0 Å². The number of morpholine rings is 1. The van der Waals surface area contributed by atoms with Crippen molar-refractivity contribution in [2.24, 2.45) is 0 Å². The molecule has 4 nitrogen and oxygen atoms in total. The van der Waals surface area contributed by atoms with Gasteiger partial charge in [-0.05, 0) is 39.8 Å². The minimum Gasteiger partial charge on any atom is -0.427 e. The Hall–Kier alpha value is -1.04. The van der Waals surface area contributed by atoms with Crippen LogP contribution in [-0.2, 0) is 14.1 Å². The lowest BCUT2D eigenvalue weighted by Crippen LogP contribution is -2.50. The summed E-state index contributed by atoms with van der Waals surface area (Å²) in [6, 6.07) is 8.41. The number of hydrogen-bond acceptors (Lipinski definition) is 4. The summed E-state index contributed by atoms with van der Waals surface area (Å²) in [5.41, 5.74) is 1.48. The van der Waals surface area contributed by atoms with Crippen molar-refractivity contribution < 1.29 is 14.1 Å². The van der Waals surface area contributed by atoms with Gasteiger partial charge >= 0.3 is 7.48 Å². The zero-order valence-electron chi connectivity index (χ0n) is 14.4. The van der Waals surface area contributed by atoms with Crippen LogP contribution in [0.2, 0.25) is 0 Å². The molecule has 2 rings (SSSR count). The lowest BCUT2D eigenvalue weighted by atomic mass is 9.82. The van der Waals surface area contributed by atoms with E-state index in [4.69, 9.17) is 14.1 Å². The molecule has 0 unspecified atom stereocenters. The zero-order valence-corrected chi connectivity index (χ0v) is 14.4. The number of rotatable bonds is 6. The second-order valence-corrected chi connectivity index (χ2v) is 6.65. The van der Waals surface area contributed by atoms with Crippen LogP contribution >= 0.6 is 0 Å². The van der Waals surface area contributed by atoms with Gasteiger partial charge in [0.2, 0.25) is 0 Å². The number of ether oxygens (including phenoxy) is 2. The van der Waals surface area contributed by atoms with Gasteiger partial charge in [-0.15, -0.1) is 0 Å². The maximum Gasteiger partial charge on any atom is 0.330 e. The molecule has 1 saturated heterocycles. The molecule has 1 aromatic carbocycles. The Labute approximate surface area is 135 Å². The van der Waals surface area contributed by atoms with E-state index in [1.807, 2.05) is 35.2 Å². The average molecular weight is 304 g/mol. The second-order valence-electron chi connectivity index (χ2n) is 6.65. The number of methoxy groups -OCH3 is 1. The fourth-order valence-electron chi connectivity index (χ4n) is 2.22. The van der Waals surface area contributed by atoms with Crippen LogP contribution < -0.4 is 10.4 Å². The quantitative estimate of drug-likeness (QED) is 0.752. The summed E-state index contributed by atoms with van der Waals surface area (Å²) in [7, 11) is 3.54. The van der Waals surface area contributed by atoms with E-state index in [1.54, 1.807) is 7.11 Å². The number of hydrogen-bond donors (Lipinski definition) is 0. The molecule has 22 heavy (non-hydrogen) atoms. The molecule has 1 fully saturated rings. The van der Waals surface area contributed by atoms with Gasteiger partial charge in [0.1, 0.15) is 0 Å². The van der Waals surface area contributed by atoms with Gasteiger partial charge in [-0.1, -0.05) is 17.6 Å². The van der Waals surface area contributed by atoms with E-state index in [9.17, 15) is 0 Å². The lowest BCUT2D eigenvalue weighted by Gasteiger charge is -2.40. The number of benzene rings is 1. The third-order valence-electron chi connectivity index (χ3n) is 4.70. The Morgan fingerprint density at radius 3 is 2.41 bits per heavy atom. The van der Waals surface area contributed by atoms with Crippen LogP contribution in [0.4, 0.5) is 5.69 Å². The van der Waals surface area contributed by atoms with Gasteiger partial charge in [-0.2, -0.15) is 0 Å². The Morgan fingerprint density at radius 1 is 1.09 bits per heavy atom. The molecule has 1 aliphatic rings. The van der Waals surface area contributed by atoms with E-state index >= 15 is 0 Å². The van der Waals surface area contributed by atoms with Gasteiger partial charge in [0, 0.05) is 25.9 Å². The summed E-state index contributed by atoms with van der Waals surface area (Å²) in [4.78, 5) is 2.34. The lowest BCUT2D eigenvalue weighted by molar-refractivity contribution is -0.114. The first-order valence-electron chi connectivity index (χ1n) is 7.85. The van der Waals surface area contributed by atoms with Crippen molar-refractivity contribution in [2.75, 3.05) is 38.3 Å². The van der Waals surface area contributed by atoms with E-state index in [2.05, 4.69) is 29.2 Å². The van der Waals surface area contributed by atoms with Crippen LogP contribution in [0.25, 0.3) is 0 Å². The molecular weight excluding hydrogens is 277 g/mol. The van der Waals surface area contributed by atoms with E-state index in [-0.39, 0.29) is 5.60 Å². The molecule has 0 spiro atoms. The Bertz CT molecular complexity index is 485. The summed E-state index contributed by atoms with van der Waals surface area (Å²) in [6.07, 6.45) is 0. The first-order valence-corrected chi connectivity index (χ1v) is 7.85. The maximum absolute atomic E-state index is 6.02. The molecule has 0 aliphatic carbocycles. The molecule has 1 radical (unpaired) electrons. The first kappa shape index (κ1) is 17.3.